The molecule has 1 atom stereocenters. The molecule has 2 heterocycles. The molecular formula is C20H18N2O2S. The van der Waals surface area contributed by atoms with Gasteiger partial charge in [-0.15, -0.1) is 11.3 Å². The van der Waals surface area contributed by atoms with Crippen molar-refractivity contribution in [2.24, 2.45) is 0 Å². The van der Waals surface area contributed by atoms with Crippen LogP contribution in [0.2, 0.25) is 0 Å². The molecule has 5 heteroatoms. The largest absolute Gasteiger partial charge is 0.479 e. The SMILES string of the molecule is Cc1nc(-c2ccc3c(c2)N(Cc2ccccc2)C(=O)[C@@H](C)O3)cs1. The quantitative estimate of drug-likeness (QED) is 0.702. The van der Waals surface area contributed by atoms with Gasteiger partial charge in [0.15, 0.2) is 6.10 Å². The van der Waals surface area contributed by atoms with Gasteiger partial charge in [-0.3, -0.25) is 4.79 Å². The second kappa shape index (κ2) is 6.33. The highest BCUT2D eigenvalue weighted by molar-refractivity contribution is 7.09. The summed E-state index contributed by atoms with van der Waals surface area (Å²) >= 11 is 1.62. The van der Waals surface area contributed by atoms with Crippen LogP contribution in [0.15, 0.2) is 53.9 Å². The molecule has 0 saturated heterocycles. The van der Waals surface area contributed by atoms with E-state index in [2.05, 4.69) is 4.98 Å². The maximum Gasteiger partial charge on any atom is 0.268 e. The molecule has 2 aromatic carbocycles. The van der Waals surface area contributed by atoms with Crippen molar-refractivity contribution in [1.82, 2.24) is 4.98 Å². The maximum atomic E-state index is 12.7. The van der Waals surface area contributed by atoms with Crippen LogP contribution in [0.4, 0.5) is 5.69 Å². The van der Waals surface area contributed by atoms with Gasteiger partial charge in [-0.25, -0.2) is 4.98 Å². The lowest BCUT2D eigenvalue weighted by molar-refractivity contribution is -0.125. The molecule has 1 aromatic heterocycles. The highest BCUT2D eigenvalue weighted by Crippen LogP contribution is 2.38. The topological polar surface area (TPSA) is 42.4 Å². The molecule has 0 saturated carbocycles. The summed E-state index contributed by atoms with van der Waals surface area (Å²) in [7, 11) is 0. The monoisotopic (exact) mass is 350 g/mol. The van der Waals surface area contributed by atoms with Crippen molar-refractivity contribution in [2.75, 3.05) is 4.90 Å². The highest BCUT2D eigenvalue weighted by Gasteiger charge is 2.31. The first kappa shape index (κ1) is 15.8. The summed E-state index contributed by atoms with van der Waals surface area (Å²) in [6.07, 6.45) is -0.483. The zero-order chi connectivity index (χ0) is 17.4. The summed E-state index contributed by atoms with van der Waals surface area (Å²) < 4.78 is 5.80. The molecule has 4 nitrogen and oxygen atoms in total. The Bertz CT molecular complexity index is 920. The lowest BCUT2D eigenvalue weighted by Crippen LogP contribution is -2.44. The van der Waals surface area contributed by atoms with Crippen LogP contribution >= 0.6 is 11.3 Å². The molecule has 126 valence electrons. The third kappa shape index (κ3) is 3.03. The Morgan fingerprint density at radius 2 is 2.00 bits per heavy atom. The number of benzene rings is 2. The number of aromatic nitrogens is 1. The van der Waals surface area contributed by atoms with Gasteiger partial charge in [-0.2, -0.15) is 0 Å². The lowest BCUT2D eigenvalue weighted by atomic mass is 10.1. The van der Waals surface area contributed by atoms with Crippen molar-refractivity contribution >= 4 is 22.9 Å². The van der Waals surface area contributed by atoms with Crippen molar-refractivity contribution in [1.29, 1.82) is 0 Å². The third-order valence-corrected chi connectivity index (χ3v) is 5.04. The van der Waals surface area contributed by atoms with Gasteiger partial charge in [0.1, 0.15) is 5.75 Å². The molecule has 0 N–H and O–H groups in total. The van der Waals surface area contributed by atoms with Gasteiger partial charge in [-0.1, -0.05) is 30.3 Å². The number of aryl methyl sites for hydroxylation is 1. The second-order valence-electron chi connectivity index (χ2n) is 6.10. The minimum Gasteiger partial charge on any atom is -0.479 e. The van der Waals surface area contributed by atoms with Crippen LogP contribution in [0.25, 0.3) is 11.3 Å². The average Bonchev–Trinajstić information content (AvgIpc) is 3.06. The second-order valence-corrected chi connectivity index (χ2v) is 7.17. The van der Waals surface area contributed by atoms with Crippen LogP contribution in [0, 0.1) is 6.92 Å². The molecule has 25 heavy (non-hydrogen) atoms. The molecule has 3 aromatic rings. The standard InChI is InChI=1S/C20H18N2O2S/c1-13-20(23)22(11-15-6-4-3-5-7-15)18-10-16(8-9-19(18)24-13)17-12-25-14(2)21-17/h3-10,12-13H,11H2,1-2H3/t13-/m1/s1. The fourth-order valence-corrected chi connectivity index (χ4v) is 3.61. The van der Waals surface area contributed by atoms with E-state index in [0.29, 0.717) is 6.54 Å². The number of carbonyl (C=O) groups excluding carboxylic acids is 1. The summed E-state index contributed by atoms with van der Waals surface area (Å²) in [6.45, 7) is 4.31. The minimum atomic E-state index is -0.483. The van der Waals surface area contributed by atoms with Crippen molar-refractivity contribution in [3.05, 3.63) is 64.5 Å². The number of hydrogen-bond acceptors (Lipinski definition) is 4. The zero-order valence-electron chi connectivity index (χ0n) is 14.1. The molecule has 0 bridgehead atoms. The number of thiazole rings is 1. The van der Waals surface area contributed by atoms with Crippen LogP contribution in [0.3, 0.4) is 0 Å². The van der Waals surface area contributed by atoms with E-state index in [1.807, 2.05) is 65.7 Å². The van der Waals surface area contributed by atoms with Gasteiger partial charge < -0.3 is 9.64 Å². The van der Waals surface area contributed by atoms with Crippen molar-refractivity contribution in [2.45, 2.75) is 26.5 Å². The number of amides is 1. The number of ether oxygens (including phenoxy) is 1. The molecular weight excluding hydrogens is 332 g/mol. The van der Waals surface area contributed by atoms with E-state index in [1.54, 1.807) is 18.3 Å². The number of carbonyl (C=O) groups is 1. The Balaban J connectivity index is 1.76. The van der Waals surface area contributed by atoms with Crippen molar-refractivity contribution in [3.8, 4) is 17.0 Å². The smallest absolute Gasteiger partial charge is 0.268 e. The van der Waals surface area contributed by atoms with E-state index >= 15 is 0 Å². The maximum absolute atomic E-state index is 12.7. The van der Waals surface area contributed by atoms with Gasteiger partial charge in [0, 0.05) is 10.9 Å². The van der Waals surface area contributed by atoms with E-state index in [-0.39, 0.29) is 5.91 Å². The fourth-order valence-electron chi connectivity index (χ4n) is 2.99. The highest BCUT2D eigenvalue weighted by atomic mass is 32.1. The summed E-state index contributed by atoms with van der Waals surface area (Å²) in [4.78, 5) is 19.1. The Labute approximate surface area is 150 Å². The predicted molar refractivity (Wildman–Crippen MR) is 100 cm³/mol. The van der Waals surface area contributed by atoms with E-state index in [1.165, 1.54) is 0 Å². The number of fused-ring (bicyclic) bond motifs is 1. The Morgan fingerprint density at radius 3 is 2.72 bits per heavy atom. The first-order valence-electron chi connectivity index (χ1n) is 8.20. The summed E-state index contributed by atoms with van der Waals surface area (Å²) in [5.74, 6) is 0.710. The predicted octanol–water partition coefficient (Wildman–Crippen LogP) is 4.43. The number of hydrogen-bond donors (Lipinski definition) is 0. The normalized spacial score (nSPS) is 16.5. The molecule has 0 aliphatic carbocycles. The first-order chi connectivity index (χ1) is 12.1. The van der Waals surface area contributed by atoms with Crippen molar-refractivity contribution < 1.29 is 9.53 Å². The Kier molecular flexibility index (Phi) is 4.01. The van der Waals surface area contributed by atoms with E-state index in [4.69, 9.17) is 4.74 Å². The van der Waals surface area contributed by atoms with E-state index in [9.17, 15) is 4.79 Å². The molecule has 1 aliphatic rings. The van der Waals surface area contributed by atoms with Gasteiger partial charge >= 0.3 is 0 Å². The third-order valence-electron chi connectivity index (χ3n) is 4.27. The van der Waals surface area contributed by atoms with Crippen LogP contribution < -0.4 is 9.64 Å². The van der Waals surface area contributed by atoms with E-state index < -0.39 is 6.10 Å². The lowest BCUT2D eigenvalue weighted by Gasteiger charge is -2.33. The van der Waals surface area contributed by atoms with Crippen LogP contribution in [-0.4, -0.2) is 17.0 Å². The minimum absolute atomic E-state index is 0.0250. The summed E-state index contributed by atoms with van der Waals surface area (Å²) in [5, 5.41) is 3.06. The van der Waals surface area contributed by atoms with Crippen LogP contribution in [-0.2, 0) is 11.3 Å². The van der Waals surface area contributed by atoms with Gasteiger partial charge in [0.25, 0.3) is 5.91 Å². The first-order valence-corrected chi connectivity index (χ1v) is 9.08. The molecule has 1 aliphatic heterocycles. The molecule has 4 rings (SSSR count). The molecule has 0 fully saturated rings. The van der Waals surface area contributed by atoms with Gasteiger partial charge in [0.2, 0.25) is 0 Å². The molecule has 1 amide bonds. The van der Waals surface area contributed by atoms with Gasteiger partial charge in [-0.05, 0) is 37.6 Å². The number of rotatable bonds is 3. The van der Waals surface area contributed by atoms with E-state index in [0.717, 1.165) is 33.3 Å². The fraction of sp³-hybridized carbons (Fsp3) is 0.200. The molecule has 0 spiro atoms. The molecule has 0 unspecified atom stereocenters. The Morgan fingerprint density at radius 1 is 1.20 bits per heavy atom. The van der Waals surface area contributed by atoms with Gasteiger partial charge in [0.05, 0.1) is 22.9 Å². The zero-order valence-corrected chi connectivity index (χ0v) is 14.9. The summed E-state index contributed by atoms with van der Waals surface area (Å²) in [6, 6.07) is 15.9. The summed E-state index contributed by atoms with van der Waals surface area (Å²) in [5.41, 5.74) is 3.81. The van der Waals surface area contributed by atoms with Crippen LogP contribution in [0.5, 0.6) is 5.75 Å². The molecule has 0 radical (unpaired) electrons. The average molecular weight is 350 g/mol. The van der Waals surface area contributed by atoms with Crippen LogP contribution in [0.1, 0.15) is 17.5 Å². The Hall–Kier alpha value is -2.66. The number of nitrogens with zero attached hydrogens (tertiary/aromatic N) is 2. The van der Waals surface area contributed by atoms with Crippen molar-refractivity contribution in [3.63, 3.8) is 0 Å². The number of anilines is 1.